The van der Waals surface area contributed by atoms with Crippen LogP contribution in [0.2, 0.25) is 0 Å². The number of thiocarbonyl (C=S) groups is 1. The summed E-state index contributed by atoms with van der Waals surface area (Å²) in [6.45, 7) is 15.7. The second-order valence-corrected chi connectivity index (χ2v) is 13.5. The van der Waals surface area contributed by atoms with Crippen molar-refractivity contribution in [3.05, 3.63) is 53.1 Å². The molecular weight excluding hydrogens is 631 g/mol. The van der Waals surface area contributed by atoms with Gasteiger partial charge in [0.1, 0.15) is 23.5 Å². The van der Waals surface area contributed by atoms with E-state index in [-0.39, 0.29) is 29.4 Å². The van der Waals surface area contributed by atoms with Crippen LogP contribution >= 0.6 is 12.2 Å². The molecule has 1 amide bonds. The number of alkyl halides is 3. The summed E-state index contributed by atoms with van der Waals surface area (Å²) in [7, 11) is 0. The van der Waals surface area contributed by atoms with Gasteiger partial charge in [0.25, 0.3) is 5.91 Å². The Morgan fingerprint density at radius 1 is 1.15 bits per heavy atom. The summed E-state index contributed by atoms with van der Waals surface area (Å²) in [5.41, 5.74) is -1.97. The second kappa shape index (κ2) is 13.6. The number of benzene rings is 2. The third-order valence-electron chi connectivity index (χ3n) is 8.10. The molecule has 2 aromatic carbocycles. The van der Waals surface area contributed by atoms with Crippen molar-refractivity contribution >= 4 is 46.8 Å². The number of anilines is 2. The fraction of sp³-hybridized carbons (Fsp3) is 0.500. The van der Waals surface area contributed by atoms with Gasteiger partial charge in [0.15, 0.2) is 24.4 Å². The second-order valence-electron chi connectivity index (χ2n) is 13.1. The molecule has 0 aliphatic carbocycles. The normalized spacial score (nSPS) is 18.7. The Labute approximate surface area is 279 Å². The van der Waals surface area contributed by atoms with E-state index >= 15 is 0 Å². The van der Waals surface area contributed by atoms with Crippen LogP contribution in [0, 0.1) is 11.3 Å². The van der Waals surface area contributed by atoms with Gasteiger partial charge >= 0.3 is 12.1 Å². The fourth-order valence-electron chi connectivity index (χ4n) is 5.74. The molecule has 1 atom stereocenters. The highest BCUT2D eigenvalue weighted by molar-refractivity contribution is 7.81. The molecule has 2 heterocycles. The Kier molecular flexibility index (Phi) is 10.4. The minimum atomic E-state index is -4.78. The number of nitriles is 1. The number of ether oxygens (including phenoxy) is 2. The van der Waals surface area contributed by atoms with Crippen LogP contribution in [0.5, 0.6) is 5.75 Å². The summed E-state index contributed by atoms with van der Waals surface area (Å²) >= 11 is 5.68. The molecule has 2 aromatic rings. The summed E-state index contributed by atoms with van der Waals surface area (Å²) < 4.78 is 54.9. The van der Waals surface area contributed by atoms with E-state index in [2.05, 4.69) is 15.7 Å². The molecule has 9 nitrogen and oxygen atoms in total. The van der Waals surface area contributed by atoms with E-state index in [1.165, 1.54) is 6.07 Å². The van der Waals surface area contributed by atoms with Gasteiger partial charge in [-0.2, -0.15) is 18.4 Å². The zero-order chi connectivity index (χ0) is 34.9. The summed E-state index contributed by atoms with van der Waals surface area (Å²) in [6, 6.07) is 10.2. The van der Waals surface area contributed by atoms with E-state index in [4.69, 9.17) is 21.7 Å². The smallest absolute Gasteiger partial charge is 0.417 e. The lowest BCUT2D eigenvalue weighted by Gasteiger charge is -2.30. The van der Waals surface area contributed by atoms with Crippen LogP contribution in [0.15, 0.2) is 36.4 Å². The Bertz CT molecular complexity index is 1630. The quantitative estimate of drug-likeness (QED) is 0.194. The number of rotatable bonds is 9. The van der Waals surface area contributed by atoms with Gasteiger partial charge in [-0.25, -0.2) is 4.58 Å². The maximum absolute atomic E-state index is 13.7. The van der Waals surface area contributed by atoms with Crippen molar-refractivity contribution in [2.24, 2.45) is 0 Å². The highest BCUT2D eigenvalue weighted by Crippen LogP contribution is 2.40. The van der Waals surface area contributed by atoms with E-state index in [0.717, 1.165) is 29.1 Å². The van der Waals surface area contributed by atoms with Crippen molar-refractivity contribution in [3.8, 4) is 11.8 Å². The lowest BCUT2D eigenvalue weighted by atomic mass is 10.0. The molecule has 0 spiro atoms. The van der Waals surface area contributed by atoms with Crippen LogP contribution in [0.25, 0.3) is 0 Å². The fourth-order valence-corrected chi connectivity index (χ4v) is 6.26. The van der Waals surface area contributed by atoms with Crippen LogP contribution < -0.4 is 14.5 Å². The van der Waals surface area contributed by atoms with E-state index in [1.54, 1.807) is 30.9 Å². The van der Waals surface area contributed by atoms with Gasteiger partial charge < -0.3 is 14.4 Å². The van der Waals surface area contributed by atoms with Crippen molar-refractivity contribution in [2.75, 3.05) is 42.6 Å². The maximum atomic E-state index is 13.7. The number of esters is 1. The van der Waals surface area contributed by atoms with Gasteiger partial charge in [-0.05, 0) is 102 Å². The highest BCUT2D eigenvalue weighted by atomic mass is 32.1. The molecular formula is C34H41F3N5O4S+. The van der Waals surface area contributed by atoms with Crippen LogP contribution in [0.1, 0.15) is 65.2 Å². The number of amides is 1. The topological polar surface area (TPSA) is 89.1 Å². The van der Waals surface area contributed by atoms with Crippen LogP contribution in [0.4, 0.5) is 24.5 Å². The van der Waals surface area contributed by atoms with Crippen LogP contribution in [-0.2, 0) is 26.9 Å². The van der Waals surface area contributed by atoms with Crippen molar-refractivity contribution in [1.29, 1.82) is 5.26 Å². The number of nitrogens with zero attached hydrogens (tertiary/aromatic N) is 5. The highest BCUT2D eigenvalue weighted by Gasteiger charge is 2.51. The van der Waals surface area contributed by atoms with Crippen molar-refractivity contribution in [2.45, 2.75) is 78.2 Å². The number of hydrogen-bond donors (Lipinski definition) is 0. The number of aryl methyl sites for hydroxylation is 1. The number of hydrogen-bond acceptors (Lipinski definition) is 7. The monoisotopic (exact) mass is 672 g/mol. The Balaban J connectivity index is 1.46. The molecule has 252 valence electrons. The lowest BCUT2D eigenvalue weighted by Crippen LogP contribution is -2.49. The van der Waals surface area contributed by atoms with Crippen molar-refractivity contribution in [1.82, 2.24) is 4.90 Å². The molecule has 4 rings (SSSR count). The largest absolute Gasteiger partial charge is 0.487 e. The minimum Gasteiger partial charge on any atom is -0.487 e. The number of carbonyl (C=O) groups excluding carboxylic acids is 2. The molecule has 0 bridgehead atoms. The molecule has 2 aliphatic heterocycles. The molecule has 47 heavy (non-hydrogen) atoms. The first-order chi connectivity index (χ1) is 21.9. The number of halogens is 3. The first-order valence-electron chi connectivity index (χ1n) is 15.5. The summed E-state index contributed by atoms with van der Waals surface area (Å²) in [5, 5.41) is 9.22. The molecule has 0 unspecified atom stereocenters. The summed E-state index contributed by atoms with van der Waals surface area (Å²) in [4.78, 5) is 30.7. The van der Waals surface area contributed by atoms with Gasteiger partial charge in [0, 0.05) is 5.69 Å². The molecule has 0 aromatic heterocycles. The van der Waals surface area contributed by atoms with Crippen molar-refractivity contribution < 1.29 is 36.8 Å². The van der Waals surface area contributed by atoms with Crippen molar-refractivity contribution in [3.63, 3.8) is 0 Å². The third kappa shape index (κ3) is 7.93. The minimum absolute atomic E-state index is 0.0315. The van der Waals surface area contributed by atoms with Crippen LogP contribution in [-0.4, -0.2) is 82.6 Å². The zero-order valence-corrected chi connectivity index (χ0v) is 28.6. The first kappa shape index (κ1) is 35.8. The predicted octanol–water partition coefficient (Wildman–Crippen LogP) is 5.56. The molecule has 1 saturated heterocycles. The van der Waals surface area contributed by atoms with E-state index in [0.29, 0.717) is 37.6 Å². The van der Waals surface area contributed by atoms with E-state index in [1.807, 2.05) is 46.8 Å². The SMILES string of the molecule is CCc1cc(N2C(=S)N(c3ccc(C#N)c(C(F)(F)F)c3)C(=O)C2(C)C)ccc1OCC[N+]1=C[C@@H](C)N(CC(=O)OC(C)(C)C)CC1. The molecule has 0 radical (unpaired) electrons. The Hall–Kier alpha value is -4.02. The molecule has 13 heteroatoms. The Morgan fingerprint density at radius 2 is 1.83 bits per heavy atom. The van der Waals surface area contributed by atoms with E-state index in [9.17, 15) is 28.0 Å². The van der Waals surface area contributed by atoms with Gasteiger partial charge in [0.05, 0.1) is 42.0 Å². The van der Waals surface area contributed by atoms with Gasteiger partial charge in [-0.3, -0.25) is 19.4 Å². The number of carbonyl (C=O) groups is 2. The average molecular weight is 673 g/mol. The van der Waals surface area contributed by atoms with E-state index < -0.39 is 34.4 Å². The summed E-state index contributed by atoms with van der Waals surface area (Å²) in [5.74, 6) is -0.0543. The maximum Gasteiger partial charge on any atom is 0.417 e. The molecule has 1 fully saturated rings. The van der Waals surface area contributed by atoms with Gasteiger partial charge in [-0.1, -0.05) is 6.92 Å². The third-order valence-corrected chi connectivity index (χ3v) is 8.47. The van der Waals surface area contributed by atoms with Crippen LogP contribution in [0.3, 0.4) is 0 Å². The average Bonchev–Trinajstić information content (AvgIpc) is 3.15. The zero-order valence-electron chi connectivity index (χ0n) is 27.8. The first-order valence-corrected chi connectivity index (χ1v) is 15.9. The standard InChI is InChI=1S/C34H41F3N5O4S/c1-8-23-17-26(11-12-28(23)45-16-15-39-13-14-40(22(2)20-39)21-29(43)46-32(3,4)5)42-31(47)41(30(44)33(42,6)7)25-10-9-24(19-38)27(18-25)34(35,36)37/h9-12,17-18,20,22H,8,13-16,21H2,1-7H3/q+1/t22-/m1/s1. The van der Waals surface area contributed by atoms with Gasteiger partial charge in [0.2, 0.25) is 0 Å². The van der Waals surface area contributed by atoms with Gasteiger partial charge in [-0.15, -0.1) is 0 Å². The molecule has 2 aliphatic rings. The Morgan fingerprint density at radius 3 is 2.43 bits per heavy atom. The summed E-state index contributed by atoms with van der Waals surface area (Å²) in [6.07, 6.45) is -2.07. The lowest BCUT2D eigenvalue weighted by molar-refractivity contribution is -0.532. The molecule has 0 saturated carbocycles. The molecule has 0 N–H and O–H groups in total. The predicted molar refractivity (Wildman–Crippen MR) is 177 cm³/mol.